The summed E-state index contributed by atoms with van der Waals surface area (Å²) in [5.41, 5.74) is 8.19. The highest BCUT2D eigenvalue weighted by Crippen LogP contribution is 2.35. The Labute approximate surface area is 132 Å². The van der Waals surface area contributed by atoms with E-state index in [1.165, 1.54) is 33.4 Å². The largest absolute Gasteiger partial charge is 0.305 e. The van der Waals surface area contributed by atoms with Crippen molar-refractivity contribution in [2.45, 2.75) is 45.2 Å². The average molecular weight is 300 g/mol. The van der Waals surface area contributed by atoms with Crippen LogP contribution in [0.2, 0.25) is 0 Å². The van der Waals surface area contributed by atoms with E-state index in [9.17, 15) is 0 Å². The van der Waals surface area contributed by atoms with Gasteiger partial charge in [0.25, 0.3) is 0 Å². The minimum atomic E-state index is 0.147. The van der Waals surface area contributed by atoms with Crippen molar-refractivity contribution >= 4 is 11.6 Å². The molecule has 0 amide bonds. The molecule has 0 aliphatic heterocycles. The normalized spacial score (nSPS) is 20.6. The summed E-state index contributed by atoms with van der Waals surface area (Å²) in [7, 11) is 0. The van der Waals surface area contributed by atoms with Gasteiger partial charge in [0.2, 0.25) is 0 Å². The van der Waals surface area contributed by atoms with E-state index >= 15 is 0 Å². The van der Waals surface area contributed by atoms with Crippen LogP contribution in [0, 0.1) is 20.8 Å². The Morgan fingerprint density at radius 1 is 1.10 bits per heavy atom. The van der Waals surface area contributed by atoms with E-state index in [0.29, 0.717) is 0 Å². The molecule has 0 fully saturated rings. The van der Waals surface area contributed by atoms with Gasteiger partial charge >= 0.3 is 0 Å². The van der Waals surface area contributed by atoms with Gasteiger partial charge in [0, 0.05) is 12.6 Å². The van der Waals surface area contributed by atoms with Crippen LogP contribution in [0.25, 0.3) is 0 Å². The van der Waals surface area contributed by atoms with Crippen molar-refractivity contribution in [1.82, 2.24) is 5.32 Å². The van der Waals surface area contributed by atoms with E-state index in [2.05, 4.69) is 62.5 Å². The molecule has 21 heavy (non-hydrogen) atoms. The number of nitrogens with one attached hydrogen (secondary N) is 1. The molecular weight excluding hydrogens is 278 g/mol. The minimum Gasteiger partial charge on any atom is -0.305 e. The molecule has 3 rings (SSSR count). The number of fused-ring (bicyclic) bond motifs is 1. The van der Waals surface area contributed by atoms with Crippen LogP contribution in [0.5, 0.6) is 0 Å². The monoisotopic (exact) mass is 299 g/mol. The summed E-state index contributed by atoms with van der Waals surface area (Å²) >= 11 is 6.55. The highest BCUT2D eigenvalue weighted by atomic mass is 35.5. The number of alkyl halides is 1. The number of hydrogen-bond donors (Lipinski definition) is 1. The van der Waals surface area contributed by atoms with Gasteiger partial charge in [0.05, 0.1) is 5.38 Å². The number of benzene rings is 2. The van der Waals surface area contributed by atoms with Crippen molar-refractivity contribution in [3.63, 3.8) is 0 Å². The topological polar surface area (TPSA) is 12.0 Å². The highest BCUT2D eigenvalue weighted by molar-refractivity contribution is 6.21. The maximum Gasteiger partial charge on any atom is 0.0571 e. The molecule has 0 radical (unpaired) electrons. The average Bonchev–Trinajstić information content (AvgIpc) is 2.73. The lowest BCUT2D eigenvalue weighted by atomic mass is 9.99. The van der Waals surface area contributed by atoms with Crippen LogP contribution < -0.4 is 5.32 Å². The van der Waals surface area contributed by atoms with Crippen LogP contribution in [-0.2, 0) is 13.0 Å². The van der Waals surface area contributed by atoms with Gasteiger partial charge < -0.3 is 5.32 Å². The lowest BCUT2D eigenvalue weighted by Crippen LogP contribution is -2.26. The predicted molar refractivity (Wildman–Crippen MR) is 90.0 cm³/mol. The molecule has 110 valence electrons. The SMILES string of the molecule is Cc1cc(C)c(CNC2c3ccccc3CC2Cl)c(C)c1. The van der Waals surface area contributed by atoms with Gasteiger partial charge in [-0.1, -0.05) is 42.0 Å². The van der Waals surface area contributed by atoms with Gasteiger partial charge in [-0.3, -0.25) is 0 Å². The summed E-state index contributed by atoms with van der Waals surface area (Å²) < 4.78 is 0. The molecular formula is C19H22ClN. The summed E-state index contributed by atoms with van der Waals surface area (Å²) in [6, 6.07) is 13.3. The Morgan fingerprint density at radius 2 is 1.76 bits per heavy atom. The summed E-state index contributed by atoms with van der Waals surface area (Å²) in [4.78, 5) is 0. The van der Waals surface area contributed by atoms with Crippen molar-refractivity contribution < 1.29 is 0 Å². The second kappa shape index (κ2) is 5.82. The van der Waals surface area contributed by atoms with Crippen LogP contribution in [0.1, 0.15) is 39.4 Å². The molecule has 0 saturated carbocycles. The maximum absolute atomic E-state index is 6.55. The van der Waals surface area contributed by atoms with E-state index in [1.54, 1.807) is 0 Å². The second-order valence-corrected chi connectivity index (χ2v) is 6.72. The third-order valence-corrected chi connectivity index (χ3v) is 4.91. The fourth-order valence-electron chi connectivity index (χ4n) is 3.48. The maximum atomic E-state index is 6.55. The lowest BCUT2D eigenvalue weighted by molar-refractivity contribution is 0.534. The van der Waals surface area contributed by atoms with E-state index < -0.39 is 0 Å². The molecule has 2 unspecified atom stereocenters. The molecule has 2 atom stereocenters. The molecule has 1 nitrogen and oxygen atoms in total. The van der Waals surface area contributed by atoms with Gasteiger partial charge in [-0.05, 0) is 55.0 Å². The molecule has 1 aliphatic rings. The van der Waals surface area contributed by atoms with E-state index in [4.69, 9.17) is 11.6 Å². The molecule has 0 aromatic heterocycles. The summed E-state index contributed by atoms with van der Waals surface area (Å²) in [5.74, 6) is 0. The Balaban J connectivity index is 1.80. The minimum absolute atomic E-state index is 0.147. The number of hydrogen-bond acceptors (Lipinski definition) is 1. The summed E-state index contributed by atoms with van der Waals surface area (Å²) in [5, 5.41) is 3.82. The van der Waals surface area contributed by atoms with Gasteiger partial charge in [-0.25, -0.2) is 0 Å². The second-order valence-electron chi connectivity index (χ2n) is 6.15. The zero-order valence-corrected chi connectivity index (χ0v) is 13.7. The highest BCUT2D eigenvalue weighted by Gasteiger charge is 2.30. The van der Waals surface area contributed by atoms with E-state index in [1.807, 2.05) is 0 Å². The Morgan fingerprint density at radius 3 is 2.48 bits per heavy atom. The smallest absolute Gasteiger partial charge is 0.0571 e. The summed E-state index contributed by atoms with van der Waals surface area (Å²) in [6.07, 6.45) is 0.960. The summed E-state index contributed by atoms with van der Waals surface area (Å²) in [6.45, 7) is 7.41. The van der Waals surface area contributed by atoms with E-state index in [-0.39, 0.29) is 11.4 Å². The van der Waals surface area contributed by atoms with Crippen LogP contribution in [0.4, 0.5) is 0 Å². The Bertz CT molecular complexity index is 639. The van der Waals surface area contributed by atoms with E-state index in [0.717, 1.165) is 13.0 Å². The number of aryl methyl sites for hydroxylation is 3. The molecule has 2 aromatic carbocycles. The quantitative estimate of drug-likeness (QED) is 0.816. The van der Waals surface area contributed by atoms with Gasteiger partial charge in [-0.15, -0.1) is 11.6 Å². The molecule has 0 bridgehead atoms. The van der Waals surface area contributed by atoms with Crippen LogP contribution in [-0.4, -0.2) is 5.38 Å². The Kier molecular flexibility index (Phi) is 4.05. The van der Waals surface area contributed by atoms with Crippen LogP contribution >= 0.6 is 11.6 Å². The molecule has 0 spiro atoms. The third kappa shape index (κ3) is 2.86. The first-order chi connectivity index (χ1) is 10.1. The molecule has 1 aliphatic carbocycles. The number of rotatable bonds is 3. The molecule has 1 N–H and O–H groups in total. The van der Waals surface area contributed by atoms with Crippen LogP contribution in [0.3, 0.4) is 0 Å². The number of halogens is 1. The molecule has 0 saturated heterocycles. The van der Waals surface area contributed by atoms with Gasteiger partial charge in [0.15, 0.2) is 0 Å². The molecule has 0 heterocycles. The van der Waals surface area contributed by atoms with Crippen molar-refractivity contribution in [2.75, 3.05) is 0 Å². The lowest BCUT2D eigenvalue weighted by Gasteiger charge is -2.20. The first-order valence-corrected chi connectivity index (χ1v) is 8.02. The first-order valence-electron chi connectivity index (χ1n) is 7.58. The predicted octanol–water partition coefficient (Wildman–Crippen LogP) is 4.61. The zero-order chi connectivity index (χ0) is 15.0. The standard InChI is InChI=1S/C19H22ClN/c1-12-8-13(2)17(14(3)9-12)11-21-19-16-7-5-4-6-15(16)10-18(19)20/h4-9,18-19,21H,10-11H2,1-3H3. The van der Waals surface area contributed by atoms with Crippen molar-refractivity contribution in [1.29, 1.82) is 0 Å². The van der Waals surface area contributed by atoms with Gasteiger partial charge in [0.1, 0.15) is 0 Å². The Hall–Kier alpha value is -1.31. The first kappa shape index (κ1) is 14.6. The van der Waals surface area contributed by atoms with Crippen molar-refractivity contribution in [3.05, 3.63) is 69.8 Å². The zero-order valence-electron chi connectivity index (χ0n) is 12.9. The third-order valence-electron chi connectivity index (χ3n) is 4.51. The fraction of sp³-hybridized carbons (Fsp3) is 0.368. The van der Waals surface area contributed by atoms with Gasteiger partial charge in [-0.2, -0.15) is 0 Å². The van der Waals surface area contributed by atoms with Crippen molar-refractivity contribution in [3.8, 4) is 0 Å². The molecule has 2 aromatic rings. The van der Waals surface area contributed by atoms with Crippen LogP contribution in [0.15, 0.2) is 36.4 Å². The van der Waals surface area contributed by atoms with Crippen molar-refractivity contribution in [2.24, 2.45) is 0 Å². The fourth-order valence-corrected chi connectivity index (χ4v) is 3.88. The molecule has 2 heteroatoms.